The highest BCUT2D eigenvalue weighted by Crippen LogP contribution is 2.22. The molecule has 88 valence electrons. The molecule has 0 spiro atoms. The fourth-order valence-corrected chi connectivity index (χ4v) is 1.95. The number of alkyl halides is 1. The lowest BCUT2D eigenvalue weighted by atomic mass is 10.2. The number of benzene rings is 1. The summed E-state index contributed by atoms with van der Waals surface area (Å²) in [6.07, 6.45) is 5.59. The van der Waals surface area contributed by atoms with Crippen molar-refractivity contribution in [2.75, 3.05) is 5.88 Å². The molecule has 1 aromatic carbocycles. The number of hydrogen-bond acceptors (Lipinski definition) is 1. The maximum Gasteiger partial charge on any atom is 0.323 e. The summed E-state index contributed by atoms with van der Waals surface area (Å²) in [7, 11) is 0. The number of fused-ring (bicyclic) bond motifs is 1. The minimum atomic E-state index is -0.848. The van der Waals surface area contributed by atoms with Crippen molar-refractivity contribution in [1.82, 2.24) is 4.57 Å². The van der Waals surface area contributed by atoms with E-state index in [4.69, 9.17) is 16.7 Å². The number of allylic oxidation sites excluding steroid dienone is 1. The Morgan fingerprint density at radius 2 is 2.18 bits per heavy atom. The molecule has 2 aromatic rings. The number of halogens is 1. The molecule has 0 unspecified atom stereocenters. The minimum absolute atomic E-state index is 0.0325. The summed E-state index contributed by atoms with van der Waals surface area (Å²) in [5.41, 5.74) is 1.91. The Balaban J connectivity index is 2.54. The van der Waals surface area contributed by atoms with Gasteiger partial charge in [0.25, 0.3) is 0 Å². The van der Waals surface area contributed by atoms with Crippen LogP contribution in [0.1, 0.15) is 5.56 Å². The van der Waals surface area contributed by atoms with Crippen LogP contribution in [0.25, 0.3) is 17.0 Å². The standard InChI is InChI=1S/C13H12ClNO2/c14-7-3-4-10-8-15(9-13(16)17)12-6-2-1-5-11(10)12/h1-6,8H,7,9H2,(H,16,17). The van der Waals surface area contributed by atoms with Crippen LogP contribution in [-0.2, 0) is 11.3 Å². The van der Waals surface area contributed by atoms with Gasteiger partial charge in [0, 0.05) is 23.0 Å². The Labute approximate surface area is 104 Å². The largest absolute Gasteiger partial charge is 0.480 e. The van der Waals surface area contributed by atoms with Crippen molar-refractivity contribution >= 4 is 34.5 Å². The maximum absolute atomic E-state index is 10.8. The van der Waals surface area contributed by atoms with Gasteiger partial charge in [-0.05, 0) is 11.6 Å². The first-order valence-electron chi connectivity index (χ1n) is 5.24. The average molecular weight is 250 g/mol. The van der Waals surface area contributed by atoms with E-state index in [9.17, 15) is 4.79 Å². The number of hydrogen-bond donors (Lipinski definition) is 1. The van der Waals surface area contributed by atoms with Crippen molar-refractivity contribution in [2.45, 2.75) is 6.54 Å². The van der Waals surface area contributed by atoms with E-state index in [-0.39, 0.29) is 6.54 Å². The first-order valence-corrected chi connectivity index (χ1v) is 5.78. The van der Waals surface area contributed by atoms with E-state index in [1.807, 2.05) is 42.6 Å². The number of rotatable bonds is 4. The molecule has 4 heteroatoms. The highest BCUT2D eigenvalue weighted by molar-refractivity contribution is 6.19. The summed E-state index contributed by atoms with van der Waals surface area (Å²) in [6, 6.07) is 7.72. The number of carboxylic acid groups (broad SMARTS) is 1. The van der Waals surface area contributed by atoms with E-state index >= 15 is 0 Å². The predicted octanol–water partition coefficient (Wildman–Crippen LogP) is 2.98. The van der Waals surface area contributed by atoms with Crippen molar-refractivity contribution in [3.05, 3.63) is 42.1 Å². The number of aliphatic carboxylic acids is 1. The van der Waals surface area contributed by atoms with Crippen LogP contribution in [0.5, 0.6) is 0 Å². The summed E-state index contributed by atoms with van der Waals surface area (Å²) in [6.45, 7) is -0.0325. The van der Waals surface area contributed by atoms with E-state index in [1.54, 1.807) is 4.57 Å². The number of carbonyl (C=O) groups is 1. The van der Waals surface area contributed by atoms with E-state index in [1.165, 1.54) is 0 Å². The van der Waals surface area contributed by atoms with Gasteiger partial charge in [-0.15, -0.1) is 11.6 Å². The van der Waals surface area contributed by atoms with Crippen LogP contribution < -0.4 is 0 Å². The van der Waals surface area contributed by atoms with Gasteiger partial charge >= 0.3 is 5.97 Å². The van der Waals surface area contributed by atoms with Crippen LogP contribution in [0.15, 0.2) is 36.5 Å². The van der Waals surface area contributed by atoms with E-state index in [0.717, 1.165) is 16.5 Å². The molecule has 1 aromatic heterocycles. The second-order valence-electron chi connectivity index (χ2n) is 3.68. The average Bonchev–Trinajstić information content (AvgIpc) is 2.65. The monoisotopic (exact) mass is 249 g/mol. The zero-order valence-electron chi connectivity index (χ0n) is 9.14. The Hall–Kier alpha value is -1.74. The number of nitrogens with zero attached hydrogens (tertiary/aromatic N) is 1. The zero-order valence-corrected chi connectivity index (χ0v) is 9.89. The number of carboxylic acids is 1. The lowest BCUT2D eigenvalue weighted by molar-refractivity contribution is -0.137. The smallest absolute Gasteiger partial charge is 0.323 e. The third-order valence-corrected chi connectivity index (χ3v) is 2.69. The Kier molecular flexibility index (Phi) is 3.49. The molecule has 3 nitrogen and oxygen atoms in total. The van der Waals surface area contributed by atoms with Crippen LogP contribution in [0.3, 0.4) is 0 Å². The van der Waals surface area contributed by atoms with Gasteiger partial charge in [0.2, 0.25) is 0 Å². The quantitative estimate of drug-likeness (QED) is 0.847. The van der Waals surface area contributed by atoms with Crippen LogP contribution in [-0.4, -0.2) is 21.5 Å². The highest BCUT2D eigenvalue weighted by atomic mass is 35.5. The van der Waals surface area contributed by atoms with Crippen LogP contribution in [0, 0.1) is 0 Å². The normalized spacial score (nSPS) is 11.4. The maximum atomic E-state index is 10.8. The van der Waals surface area contributed by atoms with Gasteiger partial charge in [-0.2, -0.15) is 0 Å². The third-order valence-electron chi connectivity index (χ3n) is 2.51. The number of para-hydroxylation sites is 1. The molecule has 0 aliphatic heterocycles. The van der Waals surface area contributed by atoms with Gasteiger partial charge in [-0.25, -0.2) is 0 Å². The molecule has 17 heavy (non-hydrogen) atoms. The molecule has 0 saturated heterocycles. The Morgan fingerprint density at radius 3 is 2.88 bits per heavy atom. The summed E-state index contributed by atoms with van der Waals surface area (Å²) in [5, 5.41) is 9.89. The van der Waals surface area contributed by atoms with Crippen molar-refractivity contribution in [3.63, 3.8) is 0 Å². The van der Waals surface area contributed by atoms with Crippen LogP contribution in [0.4, 0.5) is 0 Å². The number of aromatic nitrogens is 1. The molecular formula is C13H12ClNO2. The topological polar surface area (TPSA) is 42.2 Å². The molecule has 0 atom stereocenters. The van der Waals surface area contributed by atoms with Crippen LogP contribution >= 0.6 is 11.6 Å². The first kappa shape index (κ1) is 11.7. The van der Waals surface area contributed by atoms with Crippen molar-refractivity contribution < 1.29 is 9.90 Å². The van der Waals surface area contributed by atoms with Gasteiger partial charge < -0.3 is 9.67 Å². The van der Waals surface area contributed by atoms with Crippen molar-refractivity contribution in [1.29, 1.82) is 0 Å². The summed E-state index contributed by atoms with van der Waals surface area (Å²) in [4.78, 5) is 10.8. The van der Waals surface area contributed by atoms with Gasteiger partial charge in [0.15, 0.2) is 0 Å². The van der Waals surface area contributed by atoms with Gasteiger partial charge in [0.05, 0.1) is 0 Å². The Bertz CT molecular complexity index is 572. The lowest BCUT2D eigenvalue weighted by Crippen LogP contribution is -2.07. The van der Waals surface area contributed by atoms with E-state index in [2.05, 4.69) is 0 Å². The molecule has 0 radical (unpaired) electrons. The zero-order chi connectivity index (χ0) is 12.3. The molecule has 2 rings (SSSR count). The molecular weight excluding hydrogens is 238 g/mol. The molecule has 1 N–H and O–H groups in total. The second kappa shape index (κ2) is 5.06. The molecule has 0 saturated carbocycles. The summed E-state index contributed by atoms with van der Waals surface area (Å²) in [5.74, 6) is -0.406. The van der Waals surface area contributed by atoms with Crippen molar-refractivity contribution in [2.24, 2.45) is 0 Å². The molecule has 0 aliphatic rings. The molecule has 0 bridgehead atoms. The molecule has 0 aliphatic carbocycles. The van der Waals surface area contributed by atoms with Gasteiger partial charge in [-0.3, -0.25) is 4.79 Å². The first-order chi connectivity index (χ1) is 8.22. The second-order valence-corrected chi connectivity index (χ2v) is 3.99. The molecule has 1 heterocycles. The van der Waals surface area contributed by atoms with Crippen molar-refractivity contribution in [3.8, 4) is 0 Å². The predicted molar refractivity (Wildman–Crippen MR) is 69.3 cm³/mol. The van der Waals surface area contributed by atoms with Gasteiger partial charge in [-0.1, -0.05) is 30.4 Å². The fraction of sp³-hybridized carbons (Fsp3) is 0.154. The third kappa shape index (κ3) is 2.50. The fourth-order valence-electron chi connectivity index (χ4n) is 1.86. The highest BCUT2D eigenvalue weighted by Gasteiger charge is 2.07. The summed E-state index contributed by atoms with van der Waals surface area (Å²) < 4.78 is 1.73. The SMILES string of the molecule is O=C(O)Cn1cc(C=CCCl)c2ccccc21. The lowest BCUT2D eigenvalue weighted by Gasteiger charge is -1.99. The Morgan fingerprint density at radius 1 is 1.41 bits per heavy atom. The molecule has 0 amide bonds. The van der Waals surface area contributed by atoms with E-state index in [0.29, 0.717) is 5.88 Å². The van der Waals surface area contributed by atoms with E-state index < -0.39 is 5.97 Å². The van der Waals surface area contributed by atoms with Gasteiger partial charge in [0.1, 0.15) is 6.54 Å². The minimum Gasteiger partial charge on any atom is -0.480 e. The molecule has 0 fully saturated rings. The van der Waals surface area contributed by atoms with Crippen LogP contribution in [0.2, 0.25) is 0 Å². The summed E-state index contributed by atoms with van der Waals surface area (Å²) >= 11 is 5.61.